The van der Waals surface area contributed by atoms with Gasteiger partial charge in [0.15, 0.2) is 5.78 Å². The number of ketones is 1. The largest absolute Gasteiger partial charge is 0.481 e. The maximum Gasteiger partial charge on any atom is 0.306 e. The second-order valence-electron chi connectivity index (χ2n) is 4.03. The van der Waals surface area contributed by atoms with E-state index < -0.39 is 23.8 Å². The predicted octanol–water partition coefficient (Wildman–Crippen LogP) is -0.774. The van der Waals surface area contributed by atoms with Gasteiger partial charge in [0.1, 0.15) is 6.04 Å². The number of nitrogens with zero attached hydrogens (tertiary/aromatic N) is 1. The van der Waals surface area contributed by atoms with Gasteiger partial charge in [0.05, 0.1) is 5.92 Å². The van der Waals surface area contributed by atoms with E-state index in [1.807, 2.05) is 0 Å². The number of carboxylic acids is 1. The molecular formula is C10H16N2O4. The molecule has 0 bridgehead atoms. The molecule has 1 aliphatic heterocycles. The number of aliphatic carboxylic acids is 1. The summed E-state index contributed by atoms with van der Waals surface area (Å²) in [6.07, 6.45) is 0.845. The summed E-state index contributed by atoms with van der Waals surface area (Å²) in [7, 11) is 0. The van der Waals surface area contributed by atoms with Gasteiger partial charge < -0.3 is 15.7 Å². The molecule has 3 N–H and O–H groups in total. The Kier molecular flexibility index (Phi) is 4.00. The molecule has 0 aromatic carbocycles. The van der Waals surface area contributed by atoms with E-state index in [1.165, 1.54) is 11.8 Å². The number of carboxylic acid groups (broad SMARTS) is 1. The molecule has 0 aromatic heterocycles. The second-order valence-corrected chi connectivity index (χ2v) is 4.03. The first-order chi connectivity index (χ1) is 7.43. The van der Waals surface area contributed by atoms with Crippen molar-refractivity contribution in [3.63, 3.8) is 0 Å². The van der Waals surface area contributed by atoms with Crippen molar-refractivity contribution in [2.75, 3.05) is 13.1 Å². The maximum atomic E-state index is 11.6. The fourth-order valence-corrected chi connectivity index (χ4v) is 1.72. The number of hydrogen-bond acceptors (Lipinski definition) is 4. The lowest BCUT2D eigenvalue weighted by atomic mass is 9.96. The van der Waals surface area contributed by atoms with E-state index in [4.69, 9.17) is 10.8 Å². The van der Waals surface area contributed by atoms with Gasteiger partial charge in [-0.3, -0.25) is 14.4 Å². The minimum Gasteiger partial charge on any atom is -0.481 e. The van der Waals surface area contributed by atoms with Crippen LogP contribution in [0, 0.1) is 5.92 Å². The Labute approximate surface area is 93.4 Å². The summed E-state index contributed by atoms with van der Waals surface area (Å²) >= 11 is 0. The molecule has 0 spiro atoms. The van der Waals surface area contributed by atoms with Crippen LogP contribution in [-0.2, 0) is 14.4 Å². The molecule has 16 heavy (non-hydrogen) atoms. The summed E-state index contributed by atoms with van der Waals surface area (Å²) in [6, 6.07) is -1.11. The zero-order chi connectivity index (χ0) is 12.3. The summed E-state index contributed by atoms with van der Waals surface area (Å²) in [5, 5.41) is 8.78. The molecule has 0 radical (unpaired) electrons. The van der Waals surface area contributed by atoms with E-state index in [0.29, 0.717) is 25.9 Å². The van der Waals surface area contributed by atoms with E-state index in [2.05, 4.69) is 0 Å². The summed E-state index contributed by atoms with van der Waals surface area (Å²) in [4.78, 5) is 34.7. The normalized spacial score (nSPS) is 19.2. The second kappa shape index (κ2) is 5.07. The third-order valence-corrected chi connectivity index (χ3v) is 2.86. The lowest BCUT2D eigenvalue weighted by Gasteiger charge is -2.31. The number of Topliss-reactive ketones (excluding diaryl/α,β-unsaturated/α-hetero) is 1. The monoisotopic (exact) mass is 228 g/mol. The predicted molar refractivity (Wildman–Crippen MR) is 55.6 cm³/mol. The van der Waals surface area contributed by atoms with Crippen LogP contribution >= 0.6 is 0 Å². The topological polar surface area (TPSA) is 101 Å². The van der Waals surface area contributed by atoms with Crippen molar-refractivity contribution in [2.24, 2.45) is 11.7 Å². The first-order valence-corrected chi connectivity index (χ1v) is 5.21. The molecule has 1 heterocycles. The van der Waals surface area contributed by atoms with Crippen LogP contribution < -0.4 is 5.73 Å². The quantitative estimate of drug-likeness (QED) is 0.617. The van der Waals surface area contributed by atoms with Gasteiger partial charge in [-0.25, -0.2) is 0 Å². The molecule has 6 nitrogen and oxygen atoms in total. The number of amides is 1. The van der Waals surface area contributed by atoms with Crippen LogP contribution in [0.3, 0.4) is 0 Å². The first kappa shape index (κ1) is 12.6. The Morgan fingerprint density at radius 2 is 1.81 bits per heavy atom. The van der Waals surface area contributed by atoms with Gasteiger partial charge in [0.2, 0.25) is 5.91 Å². The molecular weight excluding hydrogens is 212 g/mol. The van der Waals surface area contributed by atoms with Crippen molar-refractivity contribution in [3.05, 3.63) is 0 Å². The minimum absolute atomic E-state index is 0.358. The molecule has 1 saturated heterocycles. The first-order valence-electron chi connectivity index (χ1n) is 5.21. The Morgan fingerprint density at radius 3 is 2.19 bits per heavy atom. The van der Waals surface area contributed by atoms with E-state index in [9.17, 15) is 14.4 Å². The molecule has 1 aliphatic rings. The van der Waals surface area contributed by atoms with Gasteiger partial charge >= 0.3 is 5.97 Å². The number of nitrogens with two attached hydrogens (primary N) is 1. The SMILES string of the molecule is CC(=O)C(N)C(=O)N1CCC(C(=O)O)CC1. The van der Waals surface area contributed by atoms with Gasteiger partial charge in [0, 0.05) is 13.1 Å². The van der Waals surface area contributed by atoms with Crippen molar-refractivity contribution in [2.45, 2.75) is 25.8 Å². The fraction of sp³-hybridized carbons (Fsp3) is 0.700. The summed E-state index contributed by atoms with van der Waals surface area (Å²) in [5.41, 5.74) is 5.43. The molecule has 1 rings (SSSR count). The molecule has 90 valence electrons. The maximum absolute atomic E-state index is 11.6. The summed E-state index contributed by atoms with van der Waals surface area (Å²) in [5.74, 6) is -2.00. The highest BCUT2D eigenvalue weighted by Crippen LogP contribution is 2.17. The van der Waals surface area contributed by atoms with Crippen molar-refractivity contribution in [1.82, 2.24) is 4.90 Å². The van der Waals surface area contributed by atoms with Gasteiger partial charge in [0.25, 0.3) is 0 Å². The third kappa shape index (κ3) is 2.79. The molecule has 0 saturated carbocycles. The minimum atomic E-state index is -1.11. The zero-order valence-electron chi connectivity index (χ0n) is 9.18. The summed E-state index contributed by atoms with van der Waals surface area (Å²) < 4.78 is 0. The molecule has 1 atom stereocenters. The molecule has 0 aliphatic carbocycles. The molecule has 1 fully saturated rings. The highest BCUT2D eigenvalue weighted by Gasteiger charge is 2.30. The number of carbonyl (C=O) groups is 3. The smallest absolute Gasteiger partial charge is 0.306 e. The highest BCUT2D eigenvalue weighted by molar-refractivity contribution is 6.04. The van der Waals surface area contributed by atoms with E-state index >= 15 is 0 Å². The van der Waals surface area contributed by atoms with Crippen molar-refractivity contribution in [1.29, 1.82) is 0 Å². The lowest BCUT2D eigenvalue weighted by molar-refractivity contribution is -0.146. The average molecular weight is 228 g/mol. The van der Waals surface area contributed by atoms with Crippen LogP contribution in [0.25, 0.3) is 0 Å². The summed E-state index contributed by atoms with van der Waals surface area (Å²) in [6.45, 7) is 1.99. The van der Waals surface area contributed by atoms with Crippen molar-refractivity contribution >= 4 is 17.7 Å². The van der Waals surface area contributed by atoms with Crippen LogP contribution in [-0.4, -0.2) is 46.8 Å². The molecule has 0 aromatic rings. The lowest BCUT2D eigenvalue weighted by Crippen LogP contribution is -2.50. The molecule has 6 heteroatoms. The number of rotatable bonds is 3. The van der Waals surface area contributed by atoms with E-state index in [-0.39, 0.29) is 5.78 Å². The van der Waals surface area contributed by atoms with Gasteiger partial charge in [-0.1, -0.05) is 0 Å². The van der Waals surface area contributed by atoms with Crippen molar-refractivity contribution in [3.8, 4) is 0 Å². The van der Waals surface area contributed by atoms with Crippen LogP contribution in [0.2, 0.25) is 0 Å². The van der Waals surface area contributed by atoms with Crippen LogP contribution in [0.15, 0.2) is 0 Å². The fourth-order valence-electron chi connectivity index (χ4n) is 1.72. The Hall–Kier alpha value is -1.43. The molecule has 1 amide bonds. The third-order valence-electron chi connectivity index (χ3n) is 2.86. The Morgan fingerprint density at radius 1 is 1.31 bits per heavy atom. The van der Waals surface area contributed by atoms with E-state index in [0.717, 1.165) is 0 Å². The Balaban J connectivity index is 2.51. The number of piperidine rings is 1. The van der Waals surface area contributed by atoms with Crippen molar-refractivity contribution < 1.29 is 19.5 Å². The van der Waals surface area contributed by atoms with Crippen LogP contribution in [0.4, 0.5) is 0 Å². The molecule has 1 unspecified atom stereocenters. The van der Waals surface area contributed by atoms with E-state index in [1.54, 1.807) is 0 Å². The standard InChI is InChI=1S/C10H16N2O4/c1-6(13)8(11)9(14)12-4-2-7(3-5-12)10(15)16/h7-8H,2-5,11H2,1H3,(H,15,16). The Bertz CT molecular complexity index is 308. The van der Waals surface area contributed by atoms with Crippen LogP contribution in [0.1, 0.15) is 19.8 Å². The highest BCUT2D eigenvalue weighted by atomic mass is 16.4. The number of hydrogen-bond donors (Lipinski definition) is 2. The van der Waals surface area contributed by atoms with Gasteiger partial charge in [-0.2, -0.15) is 0 Å². The zero-order valence-corrected chi connectivity index (χ0v) is 9.18. The number of likely N-dealkylation sites (tertiary alicyclic amines) is 1. The van der Waals surface area contributed by atoms with Gasteiger partial charge in [-0.15, -0.1) is 0 Å². The number of carbonyl (C=O) groups excluding carboxylic acids is 2. The van der Waals surface area contributed by atoms with Crippen LogP contribution in [0.5, 0.6) is 0 Å². The van der Waals surface area contributed by atoms with Gasteiger partial charge in [-0.05, 0) is 19.8 Å². The average Bonchev–Trinajstić information content (AvgIpc) is 2.27.